The van der Waals surface area contributed by atoms with Gasteiger partial charge in [-0.05, 0) is 18.1 Å². The summed E-state index contributed by atoms with van der Waals surface area (Å²) in [7, 11) is -0.0693. The fourth-order valence-corrected chi connectivity index (χ4v) is 2.03. The molecule has 0 saturated carbocycles. The lowest BCUT2D eigenvalue weighted by Crippen LogP contribution is -2.27. The summed E-state index contributed by atoms with van der Waals surface area (Å²) >= 11 is 0. The second kappa shape index (κ2) is 4.69. The van der Waals surface area contributed by atoms with E-state index in [0.717, 1.165) is 13.1 Å². The Labute approximate surface area is 66.7 Å². The van der Waals surface area contributed by atoms with Crippen LogP contribution in [0.5, 0.6) is 0 Å². The predicted octanol–water partition coefficient (Wildman–Crippen LogP) is 1.11. The Morgan fingerprint density at radius 1 is 1.60 bits per heavy atom. The summed E-state index contributed by atoms with van der Waals surface area (Å²) in [6, 6.07) is 0. The standard InChI is InChI=1S/C8H19NSi/c1-5-9-7-8(3,4)10-6-2/h6,9H,2,5,7,10H2,1,3-4H3. The summed E-state index contributed by atoms with van der Waals surface area (Å²) in [4.78, 5) is 0. The van der Waals surface area contributed by atoms with Crippen molar-refractivity contribution in [2.45, 2.75) is 25.8 Å². The molecule has 0 aromatic rings. The second-order valence-electron chi connectivity index (χ2n) is 3.44. The van der Waals surface area contributed by atoms with Crippen LogP contribution in [0, 0.1) is 0 Å². The molecule has 0 rings (SSSR count). The fraction of sp³-hybridized carbons (Fsp3) is 0.750. The van der Waals surface area contributed by atoms with E-state index in [9.17, 15) is 0 Å². The van der Waals surface area contributed by atoms with Crippen LogP contribution in [0.4, 0.5) is 0 Å². The highest BCUT2D eigenvalue weighted by Gasteiger charge is 2.14. The van der Waals surface area contributed by atoms with E-state index < -0.39 is 0 Å². The third-order valence-corrected chi connectivity index (χ3v) is 3.19. The maximum Gasteiger partial charge on any atom is 0.0518 e. The Morgan fingerprint density at radius 3 is 2.60 bits per heavy atom. The first-order valence-corrected chi connectivity index (χ1v) is 5.46. The normalized spacial score (nSPS) is 12.7. The molecule has 0 radical (unpaired) electrons. The van der Waals surface area contributed by atoms with Gasteiger partial charge < -0.3 is 5.32 Å². The molecule has 0 aliphatic carbocycles. The molecular formula is C8H19NSi. The maximum atomic E-state index is 3.79. The molecule has 0 spiro atoms. The van der Waals surface area contributed by atoms with Gasteiger partial charge in [0.15, 0.2) is 0 Å². The largest absolute Gasteiger partial charge is 0.317 e. The molecule has 0 aliphatic heterocycles. The van der Waals surface area contributed by atoms with Gasteiger partial charge in [0.25, 0.3) is 0 Å². The first kappa shape index (κ1) is 9.92. The predicted molar refractivity (Wildman–Crippen MR) is 51.3 cm³/mol. The second-order valence-corrected chi connectivity index (χ2v) is 6.34. The lowest BCUT2D eigenvalue weighted by atomic mass is 10.2. The molecule has 0 saturated heterocycles. The Hall–Kier alpha value is -0.0831. The Bertz CT molecular complexity index is 99.4. The molecule has 60 valence electrons. The zero-order valence-electron chi connectivity index (χ0n) is 7.41. The topological polar surface area (TPSA) is 12.0 Å². The van der Waals surface area contributed by atoms with E-state index in [-0.39, 0.29) is 9.52 Å². The minimum atomic E-state index is -0.0693. The van der Waals surface area contributed by atoms with Crippen molar-refractivity contribution in [3.8, 4) is 0 Å². The number of rotatable bonds is 5. The summed E-state index contributed by atoms with van der Waals surface area (Å²) in [5, 5.41) is 3.87. The summed E-state index contributed by atoms with van der Waals surface area (Å²) in [6.45, 7) is 12.8. The van der Waals surface area contributed by atoms with Gasteiger partial charge in [-0.3, -0.25) is 0 Å². The molecule has 0 amide bonds. The van der Waals surface area contributed by atoms with Gasteiger partial charge in [0.1, 0.15) is 0 Å². The number of hydrogen-bond acceptors (Lipinski definition) is 1. The van der Waals surface area contributed by atoms with Crippen LogP contribution >= 0.6 is 0 Å². The van der Waals surface area contributed by atoms with Gasteiger partial charge in [0.05, 0.1) is 9.52 Å². The van der Waals surface area contributed by atoms with Gasteiger partial charge >= 0.3 is 0 Å². The minimum Gasteiger partial charge on any atom is -0.317 e. The molecule has 0 fully saturated rings. The van der Waals surface area contributed by atoms with E-state index in [4.69, 9.17) is 0 Å². The summed E-state index contributed by atoms with van der Waals surface area (Å²) in [5.41, 5.74) is 2.12. The Balaban J connectivity index is 3.51. The van der Waals surface area contributed by atoms with Crippen molar-refractivity contribution >= 4 is 9.52 Å². The van der Waals surface area contributed by atoms with Crippen molar-refractivity contribution in [3.63, 3.8) is 0 Å². The Kier molecular flexibility index (Phi) is 4.65. The highest BCUT2D eigenvalue weighted by molar-refractivity contribution is 6.45. The summed E-state index contributed by atoms with van der Waals surface area (Å²) in [5.74, 6) is 0. The SMILES string of the molecule is C=C[SiH2]C(C)(C)CNCC. The molecule has 10 heavy (non-hydrogen) atoms. The molecule has 0 heterocycles. The Morgan fingerprint density at radius 2 is 2.20 bits per heavy atom. The average Bonchev–Trinajstić information content (AvgIpc) is 1.84. The smallest absolute Gasteiger partial charge is 0.0518 e. The van der Waals surface area contributed by atoms with Crippen molar-refractivity contribution < 1.29 is 0 Å². The van der Waals surface area contributed by atoms with Crippen LogP contribution in [0.1, 0.15) is 20.8 Å². The van der Waals surface area contributed by atoms with E-state index in [0.29, 0.717) is 5.04 Å². The minimum absolute atomic E-state index is 0.0693. The quantitative estimate of drug-likeness (QED) is 0.590. The van der Waals surface area contributed by atoms with E-state index in [1.54, 1.807) is 0 Å². The molecule has 2 heteroatoms. The van der Waals surface area contributed by atoms with Crippen molar-refractivity contribution in [1.29, 1.82) is 0 Å². The molecule has 1 nitrogen and oxygen atoms in total. The van der Waals surface area contributed by atoms with Gasteiger partial charge in [-0.1, -0.05) is 20.8 Å². The highest BCUT2D eigenvalue weighted by Crippen LogP contribution is 2.20. The zero-order valence-corrected chi connectivity index (χ0v) is 8.82. The van der Waals surface area contributed by atoms with Crippen LogP contribution in [0.15, 0.2) is 12.3 Å². The van der Waals surface area contributed by atoms with Crippen LogP contribution in [0.3, 0.4) is 0 Å². The summed E-state index contributed by atoms with van der Waals surface area (Å²) in [6.07, 6.45) is 0. The number of hydrogen-bond donors (Lipinski definition) is 1. The lowest BCUT2D eigenvalue weighted by molar-refractivity contribution is 0.582. The van der Waals surface area contributed by atoms with Crippen LogP contribution in [0.2, 0.25) is 5.04 Å². The first-order valence-electron chi connectivity index (χ1n) is 3.94. The van der Waals surface area contributed by atoms with E-state index in [2.05, 4.69) is 38.4 Å². The zero-order chi connectivity index (χ0) is 8.04. The van der Waals surface area contributed by atoms with Gasteiger partial charge in [0.2, 0.25) is 0 Å². The van der Waals surface area contributed by atoms with Crippen molar-refractivity contribution in [3.05, 3.63) is 12.3 Å². The van der Waals surface area contributed by atoms with E-state index in [1.165, 1.54) is 0 Å². The van der Waals surface area contributed by atoms with Gasteiger partial charge in [-0.2, -0.15) is 0 Å². The van der Waals surface area contributed by atoms with Crippen LogP contribution in [-0.2, 0) is 0 Å². The molecule has 1 N–H and O–H groups in total. The third-order valence-electron chi connectivity index (χ3n) is 1.55. The molecule has 0 aliphatic rings. The van der Waals surface area contributed by atoms with Crippen molar-refractivity contribution in [2.24, 2.45) is 0 Å². The number of nitrogens with one attached hydrogen (secondary N) is 1. The monoisotopic (exact) mass is 157 g/mol. The average molecular weight is 157 g/mol. The van der Waals surface area contributed by atoms with Gasteiger partial charge in [-0.15, -0.1) is 12.3 Å². The van der Waals surface area contributed by atoms with E-state index >= 15 is 0 Å². The first-order chi connectivity index (χ1) is 4.62. The lowest BCUT2D eigenvalue weighted by Gasteiger charge is -2.22. The third kappa shape index (κ3) is 4.76. The van der Waals surface area contributed by atoms with Crippen LogP contribution in [-0.4, -0.2) is 22.6 Å². The summed E-state index contributed by atoms with van der Waals surface area (Å²) < 4.78 is 0. The van der Waals surface area contributed by atoms with Crippen molar-refractivity contribution in [1.82, 2.24) is 5.32 Å². The molecule has 0 bridgehead atoms. The maximum absolute atomic E-state index is 3.79. The van der Waals surface area contributed by atoms with Crippen LogP contribution < -0.4 is 5.32 Å². The van der Waals surface area contributed by atoms with Gasteiger partial charge in [0, 0.05) is 0 Å². The molecule has 0 atom stereocenters. The molecule has 0 unspecified atom stereocenters. The molecule has 0 aromatic heterocycles. The fourth-order valence-electron chi connectivity index (χ4n) is 0.926. The van der Waals surface area contributed by atoms with Gasteiger partial charge in [-0.25, -0.2) is 0 Å². The highest BCUT2D eigenvalue weighted by atomic mass is 28.2. The van der Waals surface area contributed by atoms with E-state index in [1.807, 2.05) is 0 Å². The molecular weight excluding hydrogens is 138 g/mol. The molecule has 0 aromatic carbocycles. The van der Waals surface area contributed by atoms with Crippen molar-refractivity contribution in [2.75, 3.05) is 13.1 Å². The van der Waals surface area contributed by atoms with Crippen LogP contribution in [0.25, 0.3) is 0 Å².